The van der Waals surface area contributed by atoms with Gasteiger partial charge in [-0.15, -0.1) is 5.10 Å². The van der Waals surface area contributed by atoms with Gasteiger partial charge in [0.25, 0.3) is 0 Å². The third kappa shape index (κ3) is 10.9. The number of aliphatic carboxylic acids is 1. The zero-order valence-electron chi connectivity index (χ0n) is 31.3. The molecule has 0 saturated carbocycles. The minimum absolute atomic E-state index is 0.0538. The predicted molar refractivity (Wildman–Crippen MR) is 190 cm³/mol. The van der Waals surface area contributed by atoms with E-state index in [4.69, 9.17) is 33.2 Å². The van der Waals surface area contributed by atoms with Crippen LogP contribution >= 0.6 is 0 Å². The van der Waals surface area contributed by atoms with E-state index in [1.165, 1.54) is 11.6 Å². The Morgan fingerprint density at radius 2 is 1.39 bits per heavy atom. The summed E-state index contributed by atoms with van der Waals surface area (Å²) in [5.41, 5.74) is 4.57. The second-order valence-corrected chi connectivity index (χ2v) is 13.2. The molecule has 0 bridgehead atoms. The monoisotopic (exact) mass is 780 g/mol. The summed E-state index contributed by atoms with van der Waals surface area (Å²) in [6.07, 6.45) is -4.88. The van der Waals surface area contributed by atoms with E-state index in [1.54, 1.807) is 6.20 Å². The topological polar surface area (TPSA) is 230 Å². The first-order valence-corrected chi connectivity index (χ1v) is 18.0. The summed E-state index contributed by atoms with van der Waals surface area (Å²) in [4.78, 5) is 72.3. The Morgan fingerprint density at radius 1 is 0.786 bits per heavy atom. The molecule has 2 aliphatic rings. The van der Waals surface area contributed by atoms with E-state index in [2.05, 4.69) is 15.6 Å². The number of ether oxygens (including phenoxy) is 7. The lowest BCUT2D eigenvalue weighted by molar-refractivity contribution is -0.310. The van der Waals surface area contributed by atoms with Gasteiger partial charge >= 0.3 is 35.9 Å². The third-order valence-electron chi connectivity index (χ3n) is 8.99. The molecular weight excluding hydrogens is 736 g/mol. The molecule has 0 radical (unpaired) electrons. The predicted octanol–water partition coefficient (Wildman–Crippen LogP) is 3.04. The summed E-state index contributed by atoms with van der Waals surface area (Å²) in [6.45, 7) is 4.30. The van der Waals surface area contributed by atoms with Crippen molar-refractivity contribution in [1.29, 1.82) is 0 Å². The average molecular weight is 781 g/mol. The number of hydrogen-bond acceptors (Lipinski definition) is 15. The number of rotatable bonds is 17. The maximum Gasteiger partial charge on any atom is 0.407 e. The van der Waals surface area contributed by atoms with Crippen LogP contribution < -0.4 is 5.32 Å². The van der Waals surface area contributed by atoms with Gasteiger partial charge in [0, 0.05) is 40.2 Å². The summed E-state index contributed by atoms with van der Waals surface area (Å²) < 4.78 is 40.1. The molecule has 1 aliphatic heterocycles. The number of carbonyl (C=O) groups excluding carboxylic acids is 5. The van der Waals surface area contributed by atoms with Crippen LogP contribution in [0.3, 0.4) is 0 Å². The van der Waals surface area contributed by atoms with Crippen molar-refractivity contribution >= 4 is 35.9 Å². The molecule has 56 heavy (non-hydrogen) atoms. The lowest BCUT2D eigenvalue weighted by Gasteiger charge is -2.43. The number of aryl methyl sites for hydroxylation is 1. The summed E-state index contributed by atoms with van der Waals surface area (Å²) in [7, 11) is 0. The zero-order valence-corrected chi connectivity index (χ0v) is 31.3. The van der Waals surface area contributed by atoms with E-state index < -0.39 is 79.3 Å². The van der Waals surface area contributed by atoms with Gasteiger partial charge in [0.05, 0.1) is 12.8 Å². The van der Waals surface area contributed by atoms with Crippen LogP contribution in [0.5, 0.6) is 0 Å². The van der Waals surface area contributed by atoms with Crippen molar-refractivity contribution in [2.45, 2.75) is 103 Å². The molecule has 1 aromatic heterocycles. The van der Waals surface area contributed by atoms with Crippen LogP contribution in [-0.4, -0.2) is 106 Å². The van der Waals surface area contributed by atoms with Crippen LogP contribution in [0.15, 0.2) is 54.7 Å². The molecule has 2 heterocycles. The second-order valence-electron chi connectivity index (χ2n) is 13.2. The highest BCUT2D eigenvalue weighted by atomic mass is 16.7. The molecule has 1 aliphatic carbocycles. The van der Waals surface area contributed by atoms with Gasteiger partial charge in [0.1, 0.15) is 31.1 Å². The number of carbonyl (C=O) groups is 6. The Labute approximate surface area is 321 Å². The van der Waals surface area contributed by atoms with Gasteiger partial charge in [-0.25, -0.2) is 9.59 Å². The van der Waals surface area contributed by atoms with E-state index >= 15 is 0 Å². The Balaban J connectivity index is 1.12. The van der Waals surface area contributed by atoms with Crippen molar-refractivity contribution in [3.63, 3.8) is 0 Å². The highest BCUT2D eigenvalue weighted by Crippen LogP contribution is 2.44. The van der Waals surface area contributed by atoms with Crippen molar-refractivity contribution in [3.8, 4) is 11.1 Å². The van der Waals surface area contributed by atoms with Crippen LogP contribution in [0.1, 0.15) is 69.7 Å². The van der Waals surface area contributed by atoms with Crippen molar-refractivity contribution in [1.82, 2.24) is 20.3 Å². The molecule has 6 atom stereocenters. The molecule has 1 fully saturated rings. The number of esters is 4. The molecule has 1 amide bonds. The van der Waals surface area contributed by atoms with E-state index in [1.807, 2.05) is 48.5 Å². The van der Waals surface area contributed by atoms with Crippen molar-refractivity contribution in [3.05, 3.63) is 71.5 Å². The molecule has 0 spiro atoms. The van der Waals surface area contributed by atoms with E-state index in [9.17, 15) is 33.9 Å². The fourth-order valence-corrected chi connectivity index (χ4v) is 6.67. The maximum atomic E-state index is 12.7. The van der Waals surface area contributed by atoms with Crippen LogP contribution in [0.2, 0.25) is 0 Å². The first-order chi connectivity index (χ1) is 26.8. The number of carboxylic acid groups (broad SMARTS) is 1. The molecule has 2 aromatic carbocycles. The molecule has 3 aromatic rings. The van der Waals surface area contributed by atoms with Crippen LogP contribution in [-0.2, 0) is 70.3 Å². The van der Waals surface area contributed by atoms with E-state index in [-0.39, 0.29) is 25.6 Å². The van der Waals surface area contributed by atoms with Gasteiger partial charge in [-0.05, 0) is 41.5 Å². The highest BCUT2D eigenvalue weighted by molar-refractivity contribution is 5.81. The number of nitrogens with zero attached hydrogens (tertiary/aromatic N) is 3. The van der Waals surface area contributed by atoms with Gasteiger partial charge in [-0.1, -0.05) is 53.7 Å². The van der Waals surface area contributed by atoms with E-state index in [0.717, 1.165) is 43.0 Å². The summed E-state index contributed by atoms with van der Waals surface area (Å²) in [6, 6.07) is 14.6. The molecule has 18 nitrogen and oxygen atoms in total. The quantitative estimate of drug-likeness (QED) is 0.114. The van der Waals surface area contributed by atoms with Crippen molar-refractivity contribution in [2.75, 3.05) is 13.2 Å². The Morgan fingerprint density at radius 3 is 2.00 bits per heavy atom. The first-order valence-electron chi connectivity index (χ1n) is 18.0. The van der Waals surface area contributed by atoms with Crippen LogP contribution in [0.4, 0.5) is 4.79 Å². The minimum atomic E-state index is -1.39. The van der Waals surface area contributed by atoms with Crippen LogP contribution in [0, 0.1) is 0 Å². The number of amides is 1. The Hall–Kier alpha value is -5.88. The summed E-state index contributed by atoms with van der Waals surface area (Å²) >= 11 is 0. The number of alkyl carbamates (subject to hydrolysis) is 1. The molecule has 1 saturated heterocycles. The number of unbranched alkanes of at least 4 members (excludes halogenated alkanes) is 1. The molecule has 2 N–H and O–H groups in total. The lowest BCUT2D eigenvalue weighted by atomic mass is 9.98. The normalized spacial score (nSPS) is 20.5. The maximum absolute atomic E-state index is 12.7. The van der Waals surface area contributed by atoms with Gasteiger partial charge in [-0.3, -0.25) is 23.9 Å². The van der Waals surface area contributed by atoms with Crippen molar-refractivity contribution in [2.24, 2.45) is 0 Å². The fraction of sp³-hybridized carbons (Fsp3) is 0.474. The number of aromatic nitrogens is 3. The fourth-order valence-electron chi connectivity index (χ4n) is 6.67. The smallest absolute Gasteiger partial charge is 0.407 e. The van der Waals surface area contributed by atoms with Gasteiger partial charge in [0.2, 0.25) is 0 Å². The summed E-state index contributed by atoms with van der Waals surface area (Å²) in [5, 5.41) is 20.4. The number of fused-ring (bicyclic) bond motifs is 3. The minimum Gasteiger partial charge on any atom is -0.480 e. The van der Waals surface area contributed by atoms with Crippen LogP contribution in [0.25, 0.3) is 11.1 Å². The van der Waals surface area contributed by atoms with Crippen molar-refractivity contribution < 1.29 is 67.0 Å². The Bertz CT molecular complexity index is 1850. The highest BCUT2D eigenvalue weighted by Gasteiger charge is 2.52. The van der Waals surface area contributed by atoms with Gasteiger partial charge < -0.3 is 43.6 Å². The standard InChI is InChI=1S/C38H44N4O14/c1-21(43)50-20-32-33(53-22(2)44)34(54-23(3)45)35(55-24(4)46)37(56-32)51-18-25-17-42(41-40-25)16-10-9-15-31(36(47)48)39-38(49)52-19-30-28-13-7-5-11-26(28)27-12-6-8-14-29(27)30/h5-8,11-14,17,30-35,37H,9-10,15-16,18-20H2,1-4H3,(H,39,49)(H,47,48)/t31-,32+,33-,34-,35+,37+/m0/s1. The lowest BCUT2D eigenvalue weighted by Crippen LogP contribution is -2.62. The molecule has 18 heteroatoms. The first kappa shape index (κ1) is 41.3. The molecule has 0 unspecified atom stereocenters. The number of carboxylic acids is 1. The molecule has 5 rings (SSSR count). The third-order valence-corrected chi connectivity index (χ3v) is 8.99. The number of hydrogen-bond donors (Lipinski definition) is 2. The van der Waals surface area contributed by atoms with E-state index in [0.29, 0.717) is 25.1 Å². The summed E-state index contributed by atoms with van der Waals surface area (Å²) in [5.74, 6) is -4.31. The SMILES string of the molecule is CC(=O)OC[C@H]1O[C@@H](OCc2cn(CCCC[C@H](NC(=O)OCC3c4ccccc4-c4ccccc43)C(=O)O)nn2)[C@H](OC(C)=O)[C@@H](OC(C)=O)[C@H]1OC(C)=O. The zero-order chi connectivity index (χ0) is 40.4. The Kier molecular flexibility index (Phi) is 14.1. The average Bonchev–Trinajstić information content (AvgIpc) is 3.73. The number of nitrogens with one attached hydrogen (secondary N) is 1. The molecule has 300 valence electrons. The number of benzene rings is 2. The largest absolute Gasteiger partial charge is 0.480 e. The second kappa shape index (κ2) is 19.1. The van der Waals surface area contributed by atoms with Gasteiger partial charge in [-0.2, -0.15) is 0 Å². The molecular formula is C38H44N4O14. The van der Waals surface area contributed by atoms with Gasteiger partial charge in [0.15, 0.2) is 24.6 Å².